The molecule has 0 unspecified atom stereocenters. The zero-order chi connectivity index (χ0) is 14.4. The lowest BCUT2D eigenvalue weighted by molar-refractivity contribution is 0.192. The van der Waals surface area contributed by atoms with Crippen molar-refractivity contribution in [2.45, 2.75) is 6.54 Å². The zero-order valence-electron chi connectivity index (χ0n) is 10.2. The van der Waals surface area contributed by atoms with Crippen LogP contribution in [0.25, 0.3) is 0 Å². The van der Waals surface area contributed by atoms with Crippen LogP contribution in [0.5, 0.6) is 0 Å². The number of benzene rings is 1. The number of nitrogens with one attached hydrogen (secondary N) is 2. The quantitative estimate of drug-likeness (QED) is 0.451. The first-order valence-electron chi connectivity index (χ1n) is 5.55. The van der Waals surface area contributed by atoms with E-state index in [0.717, 1.165) is 0 Å². The van der Waals surface area contributed by atoms with E-state index < -0.39 is 6.09 Å². The Kier molecular flexibility index (Phi) is 4.51. The van der Waals surface area contributed by atoms with Gasteiger partial charge in [0.25, 0.3) is 0 Å². The van der Waals surface area contributed by atoms with E-state index in [0.29, 0.717) is 16.5 Å². The van der Waals surface area contributed by atoms with Crippen LogP contribution < -0.4 is 10.9 Å². The molecule has 0 aliphatic carbocycles. The first-order valence-corrected chi connectivity index (χ1v) is 5.93. The van der Waals surface area contributed by atoms with Crippen LogP contribution in [0.4, 0.5) is 10.5 Å². The summed E-state index contributed by atoms with van der Waals surface area (Å²) in [7, 11) is 0. The summed E-state index contributed by atoms with van der Waals surface area (Å²) in [5.74, 6) is 0.339. The van der Waals surface area contributed by atoms with E-state index >= 15 is 0 Å². The number of rotatable bonds is 3. The second-order valence-electron chi connectivity index (χ2n) is 3.65. The summed E-state index contributed by atoms with van der Waals surface area (Å²) in [6.07, 6.45) is 1.82. The van der Waals surface area contributed by atoms with E-state index in [1.807, 2.05) is 5.43 Å². The fourth-order valence-corrected chi connectivity index (χ4v) is 1.48. The summed E-state index contributed by atoms with van der Waals surface area (Å²) in [5, 5.41) is 17.1. The number of hydrazine groups is 1. The Labute approximate surface area is 119 Å². The van der Waals surface area contributed by atoms with E-state index in [4.69, 9.17) is 16.7 Å². The zero-order valence-corrected chi connectivity index (χ0v) is 10.9. The first kappa shape index (κ1) is 13.8. The molecular formula is C11H11ClN6O2. The molecule has 0 aliphatic heterocycles. The van der Waals surface area contributed by atoms with Crippen molar-refractivity contribution < 1.29 is 9.90 Å². The van der Waals surface area contributed by atoms with Gasteiger partial charge in [-0.3, -0.25) is 5.43 Å². The van der Waals surface area contributed by atoms with Crippen LogP contribution in [-0.4, -0.2) is 32.0 Å². The number of halogens is 1. The highest BCUT2D eigenvalue weighted by atomic mass is 35.5. The Morgan fingerprint density at radius 1 is 1.25 bits per heavy atom. The van der Waals surface area contributed by atoms with E-state index in [2.05, 4.69) is 20.6 Å². The number of amidine groups is 1. The van der Waals surface area contributed by atoms with Gasteiger partial charge in [0.2, 0.25) is 0 Å². The molecule has 3 N–H and O–H groups in total. The first-order chi connectivity index (χ1) is 9.63. The van der Waals surface area contributed by atoms with Crippen LogP contribution in [0.2, 0.25) is 5.02 Å². The highest BCUT2D eigenvalue weighted by Gasteiger charge is 2.04. The molecule has 0 bridgehead atoms. The Balaban J connectivity index is 2.15. The van der Waals surface area contributed by atoms with Gasteiger partial charge >= 0.3 is 6.09 Å². The number of amides is 1. The Hall–Kier alpha value is -2.61. The normalized spacial score (nSPS) is 11.2. The van der Waals surface area contributed by atoms with Crippen molar-refractivity contribution in [3.05, 3.63) is 41.7 Å². The summed E-state index contributed by atoms with van der Waals surface area (Å²) in [6.45, 7) is 0.190. The van der Waals surface area contributed by atoms with E-state index in [1.54, 1.807) is 24.3 Å². The standard InChI is InChI=1S/C11H11ClN6O2/c12-8-1-3-9(4-2-8)15-10(16-17-11(19)20)7-18-13-5-6-14-18/h1-6,17H,7H2,(H,15,16)(H,19,20). The van der Waals surface area contributed by atoms with E-state index in [1.165, 1.54) is 17.2 Å². The van der Waals surface area contributed by atoms with Crippen molar-refractivity contribution in [1.82, 2.24) is 25.8 Å². The summed E-state index contributed by atoms with van der Waals surface area (Å²) in [6, 6.07) is 6.80. The van der Waals surface area contributed by atoms with Crippen molar-refractivity contribution in [3.8, 4) is 0 Å². The van der Waals surface area contributed by atoms with Gasteiger partial charge in [-0.2, -0.15) is 15.0 Å². The van der Waals surface area contributed by atoms with E-state index in [9.17, 15) is 4.79 Å². The maximum Gasteiger partial charge on any atom is 0.423 e. The van der Waals surface area contributed by atoms with Crippen LogP contribution >= 0.6 is 11.6 Å². The number of carbonyl (C=O) groups is 1. The minimum Gasteiger partial charge on any atom is -0.464 e. The molecule has 2 rings (SSSR count). The lowest BCUT2D eigenvalue weighted by Gasteiger charge is -2.09. The molecule has 2 aromatic rings. The van der Waals surface area contributed by atoms with Gasteiger partial charge in [0.1, 0.15) is 12.4 Å². The average Bonchev–Trinajstić information content (AvgIpc) is 2.91. The second-order valence-corrected chi connectivity index (χ2v) is 4.09. The van der Waals surface area contributed by atoms with Crippen LogP contribution in [0.15, 0.2) is 41.7 Å². The van der Waals surface area contributed by atoms with Crippen LogP contribution in [0.1, 0.15) is 0 Å². The molecule has 1 aromatic carbocycles. The van der Waals surface area contributed by atoms with Crippen molar-refractivity contribution >= 4 is 29.2 Å². The van der Waals surface area contributed by atoms with Crippen molar-refractivity contribution in [1.29, 1.82) is 0 Å². The summed E-state index contributed by atoms with van der Waals surface area (Å²) in [5.41, 5.74) is 5.14. The van der Waals surface area contributed by atoms with Crippen LogP contribution in [0, 0.1) is 0 Å². The highest BCUT2D eigenvalue weighted by molar-refractivity contribution is 6.30. The lowest BCUT2D eigenvalue weighted by atomic mass is 10.3. The number of nitrogens with zero attached hydrogens (tertiary/aromatic N) is 4. The molecule has 0 saturated carbocycles. The largest absolute Gasteiger partial charge is 0.464 e. The third-order valence-electron chi connectivity index (χ3n) is 2.16. The third kappa shape index (κ3) is 4.25. The molecule has 0 saturated heterocycles. The highest BCUT2D eigenvalue weighted by Crippen LogP contribution is 2.16. The third-order valence-corrected chi connectivity index (χ3v) is 2.41. The monoisotopic (exact) mass is 294 g/mol. The van der Waals surface area contributed by atoms with Gasteiger partial charge < -0.3 is 5.11 Å². The fraction of sp³-hybridized carbons (Fsp3) is 0.0909. The van der Waals surface area contributed by atoms with Crippen molar-refractivity contribution in [2.24, 2.45) is 4.99 Å². The van der Waals surface area contributed by atoms with E-state index in [-0.39, 0.29) is 6.54 Å². The van der Waals surface area contributed by atoms with Crippen molar-refractivity contribution in [3.63, 3.8) is 0 Å². The molecule has 0 aliphatic rings. The van der Waals surface area contributed by atoms with Gasteiger partial charge in [-0.05, 0) is 24.3 Å². The minimum atomic E-state index is -1.22. The molecule has 0 radical (unpaired) electrons. The number of carboxylic acid groups (broad SMARTS) is 1. The SMILES string of the molecule is O=C(O)NNC(Cn1nccn1)=Nc1ccc(Cl)cc1. The molecule has 9 heteroatoms. The summed E-state index contributed by atoms with van der Waals surface area (Å²) < 4.78 is 0. The minimum absolute atomic E-state index is 0.190. The summed E-state index contributed by atoms with van der Waals surface area (Å²) in [4.78, 5) is 16.2. The second kappa shape index (κ2) is 6.53. The van der Waals surface area contributed by atoms with Crippen LogP contribution in [-0.2, 0) is 6.54 Å². The maximum absolute atomic E-state index is 10.5. The lowest BCUT2D eigenvalue weighted by Crippen LogP contribution is -2.42. The molecule has 0 atom stereocenters. The number of hydrogen-bond acceptors (Lipinski definition) is 4. The number of aromatic nitrogens is 3. The van der Waals surface area contributed by atoms with Gasteiger partial charge in [-0.25, -0.2) is 15.2 Å². The molecule has 0 fully saturated rings. The molecular weight excluding hydrogens is 284 g/mol. The van der Waals surface area contributed by atoms with Gasteiger partial charge in [0.15, 0.2) is 0 Å². The molecule has 1 aromatic heterocycles. The molecule has 0 spiro atoms. The van der Waals surface area contributed by atoms with Gasteiger partial charge in [0, 0.05) is 5.02 Å². The van der Waals surface area contributed by atoms with Gasteiger partial charge in [-0.15, -0.1) is 0 Å². The Bertz CT molecular complexity index is 596. The predicted molar refractivity (Wildman–Crippen MR) is 72.9 cm³/mol. The molecule has 20 heavy (non-hydrogen) atoms. The number of hydrogen-bond donors (Lipinski definition) is 3. The predicted octanol–water partition coefficient (Wildman–Crippen LogP) is 1.43. The summed E-state index contributed by atoms with van der Waals surface area (Å²) >= 11 is 5.79. The van der Waals surface area contributed by atoms with Gasteiger partial charge in [-0.1, -0.05) is 11.6 Å². The maximum atomic E-state index is 10.5. The average molecular weight is 295 g/mol. The smallest absolute Gasteiger partial charge is 0.423 e. The fourth-order valence-electron chi connectivity index (χ4n) is 1.36. The van der Waals surface area contributed by atoms with Crippen LogP contribution in [0.3, 0.4) is 0 Å². The topological polar surface area (TPSA) is 104 Å². The molecule has 8 nitrogen and oxygen atoms in total. The molecule has 1 heterocycles. The molecule has 1 amide bonds. The number of aliphatic imine (C=N–C) groups is 1. The Morgan fingerprint density at radius 2 is 1.90 bits per heavy atom. The van der Waals surface area contributed by atoms with Crippen molar-refractivity contribution in [2.75, 3.05) is 0 Å². The van der Waals surface area contributed by atoms with Gasteiger partial charge in [0.05, 0.1) is 18.1 Å². The molecule has 104 valence electrons. The Morgan fingerprint density at radius 3 is 2.50 bits per heavy atom.